The number of carbonyl (C=O) groups is 1. The van der Waals surface area contributed by atoms with E-state index < -0.39 is 5.97 Å². The molecule has 1 N–H and O–H groups in total. The molecule has 4 aromatic rings. The SMILES string of the molecule is CN(c1cccc(Cl)c1)c1ccc2c(C3=Cc4nccc(C(=O)O)c4C3)nn(C)c2c1. The van der Waals surface area contributed by atoms with Gasteiger partial charge in [-0.1, -0.05) is 17.7 Å². The molecule has 154 valence electrons. The Bertz CT molecular complexity index is 1390. The van der Waals surface area contributed by atoms with Crippen LogP contribution in [0.1, 0.15) is 27.3 Å². The number of carboxylic acid groups (broad SMARTS) is 1. The van der Waals surface area contributed by atoms with Crippen LogP contribution in [0.15, 0.2) is 54.7 Å². The zero-order valence-corrected chi connectivity index (χ0v) is 17.8. The third kappa shape index (κ3) is 3.25. The minimum absolute atomic E-state index is 0.293. The summed E-state index contributed by atoms with van der Waals surface area (Å²) in [4.78, 5) is 18.0. The highest BCUT2D eigenvalue weighted by atomic mass is 35.5. The zero-order valence-electron chi connectivity index (χ0n) is 17.0. The van der Waals surface area contributed by atoms with E-state index in [1.807, 2.05) is 49.1 Å². The molecule has 2 aromatic heterocycles. The average Bonchev–Trinajstić information content (AvgIpc) is 3.33. The van der Waals surface area contributed by atoms with Crippen LogP contribution in [0.3, 0.4) is 0 Å². The maximum Gasteiger partial charge on any atom is 0.336 e. The van der Waals surface area contributed by atoms with Gasteiger partial charge in [-0.3, -0.25) is 9.67 Å². The van der Waals surface area contributed by atoms with Gasteiger partial charge in [0.2, 0.25) is 0 Å². The molecule has 2 heterocycles. The molecule has 0 aliphatic heterocycles. The molecule has 0 unspecified atom stereocenters. The van der Waals surface area contributed by atoms with E-state index in [1.165, 1.54) is 6.20 Å². The fraction of sp³-hybridized carbons (Fsp3) is 0.125. The first-order chi connectivity index (χ1) is 14.9. The Kier molecular flexibility index (Phi) is 4.52. The first kappa shape index (κ1) is 19.3. The molecule has 0 saturated heterocycles. The smallest absolute Gasteiger partial charge is 0.336 e. The van der Waals surface area contributed by atoms with Crippen molar-refractivity contribution < 1.29 is 9.90 Å². The van der Waals surface area contributed by atoms with Crippen LogP contribution in [0.2, 0.25) is 5.02 Å². The van der Waals surface area contributed by atoms with Gasteiger partial charge in [0.05, 0.1) is 22.5 Å². The minimum atomic E-state index is -0.937. The van der Waals surface area contributed by atoms with Crippen molar-refractivity contribution in [2.24, 2.45) is 7.05 Å². The molecule has 1 aliphatic carbocycles. The second kappa shape index (κ2) is 7.25. The van der Waals surface area contributed by atoms with Gasteiger partial charge in [-0.25, -0.2) is 4.79 Å². The fourth-order valence-corrected chi connectivity index (χ4v) is 4.29. The topological polar surface area (TPSA) is 71.2 Å². The summed E-state index contributed by atoms with van der Waals surface area (Å²) in [5, 5.41) is 15.9. The number of halogens is 1. The van der Waals surface area contributed by atoms with E-state index in [1.54, 1.807) is 6.07 Å². The predicted molar refractivity (Wildman–Crippen MR) is 123 cm³/mol. The van der Waals surface area contributed by atoms with Gasteiger partial charge < -0.3 is 10.0 Å². The number of pyridine rings is 1. The molecular formula is C24H19ClN4O2. The van der Waals surface area contributed by atoms with Crippen molar-refractivity contribution in [3.05, 3.63) is 82.3 Å². The fourth-order valence-electron chi connectivity index (χ4n) is 4.10. The Balaban J connectivity index is 1.54. The second-order valence-corrected chi connectivity index (χ2v) is 8.02. The summed E-state index contributed by atoms with van der Waals surface area (Å²) in [5.74, 6) is -0.937. The number of fused-ring (bicyclic) bond motifs is 2. The number of carboxylic acids is 1. The van der Waals surface area contributed by atoms with Crippen LogP contribution in [-0.4, -0.2) is 32.9 Å². The molecule has 31 heavy (non-hydrogen) atoms. The van der Waals surface area contributed by atoms with E-state index in [-0.39, 0.29) is 0 Å². The highest BCUT2D eigenvalue weighted by Gasteiger charge is 2.24. The Hall–Kier alpha value is -3.64. The number of allylic oxidation sites excluding steroid dienone is 1. The van der Waals surface area contributed by atoms with Crippen LogP contribution in [-0.2, 0) is 13.5 Å². The second-order valence-electron chi connectivity index (χ2n) is 7.59. The summed E-state index contributed by atoms with van der Waals surface area (Å²) < 4.78 is 1.86. The molecule has 0 saturated carbocycles. The molecule has 2 aromatic carbocycles. The van der Waals surface area contributed by atoms with Crippen LogP contribution in [0.25, 0.3) is 22.6 Å². The van der Waals surface area contributed by atoms with Gasteiger partial charge in [0.15, 0.2) is 0 Å². The number of hydrogen-bond donors (Lipinski definition) is 1. The van der Waals surface area contributed by atoms with Crippen molar-refractivity contribution in [3.8, 4) is 0 Å². The largest absolute Gasteiger partial charge is 0.478 e. The zero-order chi connectivity index (χ0) is 21.7. The number of aromatic carboxylic acids is 1. The van der Waals surface area contributed by atoms with Crippen molar-refractivity contribution in [1.29, 1.82) is 0 Å². The summed E-state index contributed by atoms with van der Waals surface area (Å²) in [7, 11) is 3.91. The number of rotatable bonds is 4. The van der Waals surface area contributed by atoms with Gasteiger partial charge in [-0.05, 0) is 59.7 Å². The summed E-state index contributed by atoms with van der Waals surface area (Å²) in [5.41, 5.74) is 6.55. The third-order valence-electron chi connectivity index (χ3n) is 5.72. The van der Waals surface area contributed by atoms with E-state index in [0.717, 1.165) is 39.1 Å². The van der Waals surface area contributed by atoms with Crippen molar-refractivity contribution >= 4 is 51.5 Å². The lowest BCUT2D eigenvalue weighted by molar-refractivity contribution is 0.0695. The van der Waals surface area contributed by atoms with E-state index in [0.29, 0.717) is 22.7 Å². The summed E-state index contributed by atoms with van der Waals surface area (Å²) in [6.07, 6.45) is 3.98. The van der Waals surface area contributed by atoms with Crippen molar-refractivity contribution in [2.75, 3.05) is 11.9 Å². The molecule has 0 spiro atoms. The van der Waals surface area contributed by atoms with Crippen molar-refractivity contribution in [3.63, 3.8) is 0 Å². The molecule has 5 rings (SSSR count). The number of benzene rings is 2. The van der Waals surface area contributed by atoms with Crippen LogP contribution in [0, 0.1) is 0 Å². The van der Waals surface area contributed by atoms with Gasteiger partial charge in [0, 0.05) is 48.5 Å². The molecule has 0 radical (unpaired) electrons. The Labute approximate surface area is 184 Å². The minimum Gasteiger partial charge on any atom is -0.478 e. The summed E-state index contributed by atoms with van der Waals surface area (Å²) >= 11 is 6.15. The first-order valence-electron chi connectivity index (χ1n) is 9.80. The molecule has 0 bridgehead atoms. The highest BCUT2D eigenvalue weighted by Crippen LogP contribution is 2.36. The molecular weight excluding hydrogens is 412 g/mol. The van der Waals surface area contributed by atoms with E-state index in [2.05, 4.69) is 28.1 Å². The summed E-state index contributed by atoms with van der Waals surface area (Å²) in [6.45, 7) is 0. The first-order valence-corrected chi connectivity index (χ1v) is 10.2. The molecule has 7 heteroatoms. The van der Waals surface area contributed by atoms with E-state index >= 15 is 0 Å². The third-order valence-corrected chi connectivity index (χ3v) is 5.95. The van der Waals surface area contributed by atoms with E-state index in [9.17, 15) is 9.90 Å². The Morgan fingerprint density at radius 1 is 1.16 bits per heavy atom. The van der Waals surface area contributed by atoms with Crippen LogP contribution in [0.5, 0.6) is 0 Å². The molecule has 0 amide bonds. The van der Waals surface area contributed by atoms with Crippen LogP contribution >= 0.6 is 11.6 Å². The van der Waals surface area contributed by atoms with Gasteiger partial charge in [-0.2, -0.15) is 5.10 Å². The number of hydrogen-bond acceptors (Lipinski definition) is 4. The highest BCUT2D eigenvalue weighted by molar-refractivity contribution is 6.30. The lowest BCUT2D eigenvalue weighted by Gasteiger charge is -2.20. The monoisotopic (exact) mass is 430 g/mol. The number of anilines is 2. The average molecular weight is 431 g/mol. The number of nitrogens with zero attached hydrogens (tertiary/aromatic N) is 4. The van der Waals surface area contributed by atoms with Gasteiger partial charge in [-0.15, -0.1) is 0 Å². The summed E-state index contributed by atoms with van der Waals surface area (Å²) in [6, 6.07) is 15.5. The standard InChI is InChI=1S/C24H19ClN4O2/c1-28(16-5-3-4-15(25)12-16)17-6-7-19-22(13-17)29(2)27-23(19)14-10-20-18(24(30)31)8-9-26-21(20)11-14/h3-9,11-13H,10H2,1-2H3,(H,30,31). The van der Waals surface area contributed by atoms with E-state index in [4.69, 9.17) is 16.7 Å². The molecule has 0 fully saturated rings. The lowest BCUT2D eigenvalue weighted by atomic mass is 10.0. The number of aromatic nitrogens is 3. The lowest BCUT2D eigenvalue weighted by Crippen LogP contribution is -2.09. The van der Waals surface area contributed by atoms with Gasteiger partial charge in [0.1, 0.15) is 0 Å². The number of aryl methyl sites for hydroxylation is 1. The predicted octanol–water partition coefficient (Wildman–Crippen LogP) is 5.18. The van der Waals surface area contributed by atoms with Crippen molar-refractivity contribution in [2.45, 2.75) is 6.42 Å². The Morgan fingerprint density at radius 3 is 2.74 bits per heavy atom. The normalized spacial score (nSPS) is 12.7. The maximum absolute atomic E-state index is 11.6. The van der Waals surface area contributed by atoms with Crippen molar-refractivity contribution in [1.82, 2.24) is 14.8 Å². The van der Waals surface area contributed by atoms with Gasteiger partial charge in [0.25, 0.3) is 0 Å². The van der Waals surface area contributed by atoms with Crippen LogP contribution < -0.4 is 4.90 Å². The maximum atomic E-state index is 11.6. The van der Waals surface area contributed by atoms with Gasteiger partial charge >= 0.3 is 5.97 Å². The molecule has 1 aliphatic rings. The quantitative estimate of drug-likeness (QED) is 0.482. The Morgan fingerprint density at radius 2 is 1.97 bits per heavy atom. The molecule has 6 nitrogen and oxygen atoms in total. The van der Waals surface area contributed by atoms with Crippen LogP contribution in [0.4, 0.5) is 11.4 Å². The molecule has 0 atom stereocenters.